The molecule has 0 radical (unpaired) electrons. The number of aromatic nitrogens is 3. The van der Waals surface area contributed by atoms with Gasteiger partial charge in [-0.1, -0.05) is 61.0 Å². The van der Waals surface area contributed by atoms with Gasteiger partial charge >= 0.3 is 0 Å². The summed E-state index contributed by atoms with van der Waals surface area (Å²) in [6.45, 7) is 9.12. The first-order chi connectivity index (χ1) is 18.4. The SMILES string of the molecule is CCOc1ccc(N(C(=O)Cn2nnc3ccccc32)C(C(=O)NCCC(C)C)c2ccc(C)cc2)cc1. The Hall–Kier alpha value is -4.20. The maximum absolute atomic E-state index is 14.1. The fraction of sp³-hybridized carbons (Fsp3) is 0.333. The van der Waals surface area contributed by atoms with Crippen molar-refractivity contribution in [2.75, 3.05) is 18.1 Å². The third kappa shape index (κ3) is 6.37. The Morgan fingerprint density at radius 1 is 1.00 bits per heavy atom. The lowest BCUT2D eigenvalue weighted by atomic mass is 10.0. The van der Waals surface area contributed by atoms with E-state index in [1.165, 1.54) is 0 Å². The smallest absolute Gasteiger partial charge is 0.249 e. The number of hydrogen-bond donors (Lipinski definition) is 1. The van der Waals surface area contributed by atoms with Crippen LogP contribution in [-0.2, 0) is 16.1 Å². The third-order valence-electron chi connectivity index (χ3n) is 6.32. The Bertz CT molecular complexity index is 1360. The number of carbonyl (C=O) groups is 2. The minimum absolute atomic E-state index is 0.0740. The van der Waals surface area contributed by atoms with Gasteiger partial charge in [-0.25, -0.2) is 4.68 Å². The number of para-hydroxylation sites is 1. The highest BCUT2D eigenvalue weighted by atomic mass is 16.5. The second-order valence-electron chi connectivity index (χ2n) is 9.71. The molecule has 0 saturated carbocycles. The van der Waals surface area contributed by atoms with Crippen molar-refractivity contribution >= 4 is 28.5 Å². The standard InChI is InChI=1S/C30H35N5O3/c1-5-38-25-16-14-24(15-17-25)35(28(36)20-34-27-9-7-6-8-26(27)32-33-34)29(23-12-10-22(4)11-13-23)30(37)31-19-18-21(2)3/h6-17,21,29H,5,18-20H2,1-4H3,(H,31,37). The molecule has 1 atom stereocenters. The van der Waals surface area contributed by atoms with E-state index in [1.54, 1.807) is 9.58 Å². The van der Waals surface area contributed by atoms with E-state index in [4.69, 9.17) is 4.74 Å². The molecule has 4 aromatic rings. The van der Waals surface area contributed by atoms with Crippen LogP contribution in [0.3, 0.4) is 0 Å². The number of benzene rings is 3. The molecule has 0 spiro atoms. The van der Waals surface area contributed by atoms with Gasteiger partial charge in [-0.3, -0.25) is 14.5 Å². The summed E-state index contributed by atoms with van der Waals surface area (Å²) in [5.74, 6) is 0.617. The molecule has 0 aliphatic heterocycles. The Morgan fingerprint density at radius 2 is 1.71 bits per heavy atom. The summed E-state index contributed by atoms with van der Waals surface area (Å²) in [6.07, 6.45) is 0.842. The number of fused-ring (bicyclic) bond motifs is 1. The fourth-order valence-electron chi connectivity index (χ4n) is 4.29. The Balaban J connectivity index is 1.75. The van der Waals surface area contributed by atoms with Gasteiger partial charge in [0.05, 0.1) is 12.1 Å². The molecule has 0 aliphatic rings. The number of nitrogens with zero attached hydrogens (tertiary/aromatic N) is 4. The second kappa shape index (κ2) is 12.4. The van der Waals surface area contributed by atoms with Gasteiger partial charge in [0.15, 0.2) is 0 Å². The van der Waals surface area contributed by atoms with Gasteiger partial charge < -0.3 is 10.1 Å². The number of carbonyl (C=O) groups excluding carboxylic acids is 2. The zero-order valence-corrected chi connectivity index (χ0v) is 22.4. The Morgan fingerprint density at radius 3 is 2.39 bits per heavy atom. The van der Waals surface area contributed by atoms with Crippen LogP contribution in [0.1, 0.15) is 44.4 Å². The van der Waals surface area contributed by atoms with E-state index >= 15 is 0 Å². The molecule has 3 aromatic carbocycles. The summed E-state index contributed by atoms with van der Waals surface area (Å²) < 4.78 is 7.18. The number of aryl methyl sites for hydroxylation is 1. The first-order valence-electron chi connectivity index (χ1n) is 13.0. The van der Waals surface area contributed by atoms with E-state index in [2.05, 4.69) is 29.5 Å². The summed E-state index contributed by atoms with van der Waals surface area (Å²) in [6, 6.07) is 21.6. The van der Waals surface area contributed by atoms with Crippen molar-refractivity contribution in [3.8, 4) is 5.75 Å². The lowest BCUT2D eigenvalue weighted by Gasteiger charge is -2.32. The van der Waals surface area contributed by atoms with Crippen molar-refractivity contribution in [2.45, 2.75) is 46.7 Å². The zero-order valence-electron chi connectivity index (χ0n) is 22.4. The lowest BCUT2D eigenvalue weighted by Crippen LogP contribution is -2.45. The molecule has 8 heteroatoms. The normalized spacial score (nSPS) is 11.9. The van der Waals surface area contributed by atoms with Gasteiger partial charge in [0.2, 0.25) is 11.8 Å². The van der Waals surface area contributed by atoms with Crippen molar-refractivity contribution in [2.24, 2.45) is 5.92 Å². The monoisotopic (exact) mass is 513 g/mol. The molecule has 38 heavy (non-hydrogen) atoms. The molecule has 0 aliphatic carbocycles. The Labute approximate surface area is 223 Å². The van der Waals surface area contributed by atoms with Crippen LogP contribution in [0.2, 0.25) is 0 Å². The molecule has 4 rings (SSSR count). The quantitative estimate of drug-likeness (QED) is 0.302. The Kier molecular flexibility index (Phi) is 8.73. The summed E-state index contributed by atoms with van der Waals surface area (Å²) in [5.41, 5.74) is 3.84. The van der Waals surface area contributed by atoms with Gasteiger partial charge in [0, 0.05) is 12.2 Å². The predicted octanol–water partition coefficient (Wildman–Crippen LogP) is 5.08. The van der Waals surface area contributed by atoms with Crippen LogP contribution in [0.4, 0.5) is 5.69 Å². The maximum Gasteiger partial charge on any atom is 0.249 e. The van der Waals surface area contributed by atoms with Crippen LogP contribution in [-0.4, -0.2) is 40.0 Å². The minimum atomic E-state index is -0.872. The topological polar surface area (TPSA) is 89.3 Å². The molecule has 1 aromatic heterocycles. The molecule has 198 valence electrons. The van der Waals surface area contributed by atoms with Gasteiger partial charge in [-0.2, -0.15) is 0 Å². The zero-order chi connectivity index (χ0) is 27.1. The molecule has 2 amide bonds. The van der Waals surface area contributed by atoms with Crippen LogP contribution in [0.5, 0.6) is 5.75 Å². The van der Waals surface area contributed by atoms with Crippen molar-refractivity contribution in [3.05, 3.63) is 83.9 Å². The number of nitrogens with one attached hydrogen (secondary N) is 1. The van der Waals surface area contributed by atoms with Gasteiger partial charge in [0.25, 0.3) is 0 Å². The molecule has 0 bridgehead atoms. The fourth-order valence-corrected chi connectivity index (χ4v) is 4.29. The lowest BCUT2D eigenvalue weighted by molar-refractivity contribution is -0.127. The van der Waals surface area contributed by atoms with Crippen LogP contribution in [0, 0.1) is 12.8 Å². The third-order valence-corrected chi connectivity index (χ3v) is 6.32. The molecule has 1 heterocycles. The van der Waals surface area contributed by atoms with Crippen LogP contribution in [0.25, 0.3) is 11.0 Å². The number of ether oxygens (including phenoxy) is 1. The van der Waals surface area contributed by atoms with E-state index in [9.17, 15) is 9.59 Å². The van der Waals surface area contributed by atoms with Crippen LogP contribution in [0.15, 0.2) is 72.8 Å². The van der Waals surface area contributed by atoms with Crippen molar-refractivity contribution in [1.29, 1.82) is 0 Å². The van der Waals surface area contributed by atoms with Crippen molar-refractivity contribution in [1.82, 2.24) is 20.3 Å². The van der Waals surface area contributed by atoms with Gasteiger partial charge in [-0.05, 0) is 68.1 Å². The molecular weight excluding hydrogens is 478 g/mol. The summed E-state index contributed by atoms with van der Waals surface area (Å²) in [4.78, 5) is 29.4. The van der Waals surface area contributed by atoms with Crippen LogP contribution >= 0.6 is 0 Å². The van der Waals surface area contributed by atoms with Crippen LogP contribution < -0.4 is 15.0 Å². The van der Waals surface area contributed by atoms with Gasteiger partial charge in [0.1, 0.15) is 23.9 Å². The summed E-state index contributed by atoms with van der Waals surface area (Å²) in [5, 5.41) is 11.5. The highest BCUT2D eigenvalue weighted by Crippen LogP contribution is 2.30. The van der Waals surface area contributed by atoms with Gasteiger partial charge in [-0.15, -0.1) is 5.10 Å². The average molecular weight is 514 g/mol. The summed E-state index contributed by atoms with van der Waals surface area (Å²) in [7, 11) is 0. The number of hydrogen-bond acceptors (Lipinski definition) is 5. The number of anilines is 1. The molecule has 1 N–H and O–H groups in total. The van der Waals surface area contributed by atoms with E-state index < -0.39 is 6.04 Å². The first-order valence-corrected chi connectivity index (χ1v) is 13.0. The molecule has 8 nitrogen and oxygen atoms in total. The molecule has 1 unspecified atom stereocenters. The largest absolute Gasteiger partial charge is 0.494 e. The molecule has 0 saturated heterocycles. The highest BCUT2D eigenvalue weighted by Gasteiger charge is 2.33. The van der Waals surface area contributed by atoms with Crippen molar-refractivity contribution in [3.63, 3.8) is 0 Å². The molecule has 0 fully saturated rings. The highest BCUT2D eigenvalue weighted by molar-refractivity contribution is 6.01. The van der Waals surface area contributed by atoms with Crippen molar-refractivity contribution < 1.29 is 14.3 Å². The summed E-state index contributed by atoms with van der Waals surface area (Å²) >= 11 is 0. The van der Waals surface area contributed by atoms with E-state index in [1.807, 2.05) is 86.6 Å². The number of rotatable bonds is 11. The predicted molar refractivity (Wildman–Crippen MR) is 149 cm³/mol. The molecular formula is C30H35N5O3. The first kappa shape index (κ1) is 26.9. The van der Waals surface area contributed by atoms with E-state index in [-0.39, 0.29) is 18.4 Å². The maximum atomic E-state index is 14.1. The van der Waals surface area contributed by atoms with E-state index in [0.717, 1.165) is 23.1 Å². The van der Waals surface area contributed by atoms with E-state index in [0.29, 0.717) is 36.0 Å². The minimum Gasteiger partial charge on any atom is -0.494 e. The number of amides is 2. The average Bonchev–Trinajstić information content (AvgIpc) is 3.31. The second-order valence-corrected chi connectivity index (χ2v) is 9.71.